The minimum absolute atomic E-state index is 0.0360. The first-order chi connectivity index (χ1) is 12.5. The molecule has 0 radical (unpaired) electrons. The zero-order chi connectivity index (χ0) is 18.3. The summed E-state index contributed by atoms with van der Waals surface area (Å²) in [6, 6.07) is 10.0. The van der Waals surface area contributed by atoms with Crippen molar-refractivity contribution in [2.24, 2.45) is 7.05 Å². The molecule has 134 valence electrons. The second kappa shape index (κ2) is 6.33. The van der Waals surface area contributed by atoms with E-state index in [0.29, 0.717) is 18.8 Å². The molecule has 0 aliphatic carbocycles. The maximum Gasteiger partial charge on any atom is 0.338 e. The Bertz CT molecular complexity index is 980. The normalized spacial score (nSPS) is 15.5. The summed E-state index contributed by atoms with van der Waals surface area (Å²) in [6.45, 7) is 1.26. The minimum Gasteiger partial charge on any atom is -0.478 e. The van der Waals surface area contributed by atoms with Crippen molar-refractivity contribution in [1.82, 2.24) is 19.2 Å². The highest BCUT2D eigenvalue weighted by Crippen LogP contribution is 2.25. The Morgan fingerprint density at radius 1 is 1.19 bits per heavy atom. The van der Waals surface area contributed by atoms with Crippen molar-refractivity contribution in [3.05, 3.63) is 54.0 Å². The summed E-state index contributed by atoms with van der Waals surface area (Å²) in [5, 5.41) is 14.2. The molecule has 1 N–H and O–H groups in total. The predicted molar refractivity (Wildman–Crippen MR) is 96.3 cm³/mol. The molecule has 4 rings (SSSR count). The third-order valence-electron chi connectivity index (χ3n) is 5.15. The third-order valence-corrected chi connectivity index (χ3v) is 5.15. The van der Waals surface area contributed by atoms with Crippen LogP contribution in [-0.2, 0) is 7.05 Å². The molecule has 0 unspecified atom stereocenters. The van der Waals surface area contributed by atoms with E-state index < -0.39 is 5.97 Å². The van der Waals surface area contributed by atoms with Crippen LogP contribution in [0.3, 0.4) is 0 Å². The number of benzene rings is 1. The van der Waals surface area contributed by atoms with Crippen LogP contribution in [0.25, 0.3) is 10.9 Å². The van der Waals surface area contributed by atoms with Gasteiger partial charge in [0, 0.05) is 37.2 Å². The molecule has 1 aromatic carbocycles. The van der Waals surface area contributed by atoms with Crippen molar-refractivity contribution in [3.8, 4) is 0 Å². The lowest BCUT2D eigenvalue weighted by molar-refractivity contribution is 0.0680. The van der Waals surface area contributed by atoms with Crippen LogP contribution < -0.4 is 0 Å². The van der Waals surface area contributed by atoms with E-state index in [1.807, 2.05) is 46.8 Å². The van der Waals surface area contributed by atoms with E-state index in [-0.39, 0.29) is 17.5 Å². The molecule has 1 saturated heterocycles. The van der Waals surface area contributed by atoms with Crippen LogP contribution in [0.2, 0.25) is 0 Å². The van der Waals surface area contributed by atoms with Gasteiger partial charge in [0.05, 0.1) is 17.8 Å². The zero-order valence-corrected chi connectivity index (χ0v) is 14.5. The quantitative estimate of drug-likeness (QED) is 0.785. The highest BCUT2D eigenvalue weighted by molar-refractivity contribution is 5.98. The number of hydrogen-bond donors (Lipinski definition) is 1. The average Bonchev–Trinajstić information content (AvgIpc) is 3.27. The molecule has 26 heavy (non-hydrogen) atoms. The summed E-state index contributed by atoms with van der Waals surface area (Å²) in [5.74, 6) is -0.937. The van der Waals surface area contributed by atoms with Gasteiger partial charge in [-0.1, -0.05) is 18.2 Å². The van der Waals surface area contributed by atoms with E-state index in [1.54, 1.807) is 10.9 Å². The number of rotatable bonds is 3. The first-order valence-electron chi connectivity index (χ1n) is 8.66. The fourth-order valence-corrected chi connectivity index (χ4v) is 3.64. The number of aromatic carboxylic acids is 1. The molecule has 3 heterocycles. The van der Waals surface area contributed by atoms with Crippen molar-refractivity contribution in [3.63, 3.8) is 0 Å². The van der Waals surface area contributed by atoms with Crippen LogP contribution in [0.5, 0.6) is 0 Å². The number of likely N-dealkylation sites (tertiary alicyclic amines) is 1. The molecular formula is C19H20N4O3. The number of amides is 1. The van der Waals surface area contributed by atoms with E-state index in [4.69, 9.17) is 5.11 Å². The van der Waals surface area contributed by atoms with Crippen LogP contribution in [0.15, 0.2) is 42.7 Å². The van der Waals surface area contributed by atoms with Gasteiger partial charge in [-0.3, -0.25) is 9.48 Å². The summed E-state index contributed by atoms with van der Waals surface area (Å²) < 4.78 is 3.65. The molecule has 7 nitrogen and oxygen atoms in total. The summed E-state index contributed by atoms with van der Waals surface area (Å²) in [6.07, 6.45) is 4.45. The van der Waals surface area contributed by atoms with Gasteiger partial charge in [-0.2, -0.15) is 5.10 Å². The number of hydrogen-bond acceptors (Lipinski definition) is 3. The van der Waals surface area contributed by atoms with Gasteiger partial charge < -0.3 is 14.6 Å². The van der Waals surface area contributed by atoms with Gasteiger partial charge in [-0.25, -0.2) is 4.79 Å². The van der Waals surface area contributed by atoms with E-state index >= 15 is 0 Å². The number of carbonyl (C=O) groups is 2. The molecule has 3 aromatic rings. The maximum atomic E-state index is 12.9. The lowest BCUT2D eigenvalue weighted by atomic mass is 10.0. The van der Waals surface area contributed by atoms with Crippen molar-refractivity contribution in [1.29, 1.82) is 0 Å². The minimum atomic E-state index is -0.973. The Kier molecular flexibility index (Phi) is 3.99. The number of aromatic nitrogens is 3. The van der Waals surface area contributed by atoms with Crippen LogP contribution in [-0.4, -0.2) is 49.3 Å². The molecule has 0 atom stereocenters. The second-order valence-electron chi connectivity index (χ2n) is 6.68. The fraction of sp³-hybridized carbons (Fsp3) is 0.316. The Morgan fingerprint density at radius 2 is 1.92 bits per heavy atom. The first kappa shape index (κ1) is 16.4. The second-order valence-corrected chi connectivity index (χ2v) is 6.68. The van der Waals surface area contributed by atoms with Crippen LogP contribution in [0, 0.1) is 0 Å². The van der Waals surface area contributed by atoms with Gasteiger partial charge in [0.15, 0.2) is 0 Å². The van der Waals surface area contributed by atoms with Gasteiger partial charge in [0.1, 0.15) is 5.69 Å². The summed E-state index contributed by atoms with van der Waals surface area (Å²) in [5.41, 5.74) is 1.93. The molecule has 0 bridgehead atoms. The van der Waals surface area contributed by atoms with E-state index in [2.05, 4.69) is 5.10 Å². The van der Waals surface area contributed by atoms with Crippen molar-refractivity contribution in [2.45, 2.75) is 18.9 Å². The number of nitrogens with zero attached hydrogens (tertiary/aromatic N) is 4. The van der Waals surface area contributed by atoms with Crippen molar-refractivity contribution < 1.29 is 14.7 Å². The number of carboxylic acid groups (broad SMARTS) is 1. The zero-order valence-electron chi connectivity index (χ0n) is 14.5. The lowest BCUT2D eigenvalue weighted by Gasteiger charge is -2.32. The summed E-state index contributed by atoms with van der Waals surface area (Å²) >= 11 is 0. The topological polar surface area (TPSA) is 80.4 Å². The predicted octanol–water partition coefficient (Wildman–Crippen LogP) is 2.55. The van der Waals surface area contributed by atoms with Gasteiger partial charge in [0.25, 0.3) is 5.91 Å². The fourth-order valence-electron chi connectivity index (χ4n) is 3.64. The lowest BCUT2D eigenvalue weighted by Crippen LogP contribution is -2.39. The molecule has 7 heteroatoms. The van der Waals surface area contributed by atoms with Gasteiger partial charge in [-0.05, 0) is 25.0 Å². The molecule has 1 aliphatic rings. The highest BCUT2D eigenvalue weighted by atomic mass is 16.4. The Morgan fingerprint density at radius 3 is 2.58 bits per heavy atom. The van der Waals surface area contributed by atoms with Gasteiger partial charge >= 0.3 is 5.97 Å². The standard InChI is InChI=1S/C19H20N4O3/c1-21-16-5-3-2-4-13(16)10-17(21)18(24)22-8-6-15(7-9-22)23-12-14(11-20-23)19(25)26/h2-5,10-12,15H,6-9H2,1H3,(H,25,26). The molecule has 1 aliphatic heterocycles. The Labute approximate surface area is 150 Å². The Balaban J connectivity index is 1.47. The number of aryl methyl sites for hydroxylation is 1. The monoisotopic (exact) mass is 352 g/mol. The number of piperidine rings is 1. The van der Waals surface area contributed by atoms with Crippen LogP contribution in [0.4, 0.5) is 0 Å². The SMILES string of the molecule is Cn1c(C(=O)N2CCC(n3cc(C(=O)O)cn3)CC2)cc2ccccc21. The van der Waals surface area contributed by atoms with Crippen molar-refractivity contribution >= 4 is 22.8 Å². The molecule has 1 amide bonds. The van der Waals surface area contributed by atoms with E-state index in [9.17, 15) is 9.59 Å². The molecular weight excluding hydrogens is 332 g/mol. The first-order valence-corrected chi connectivity index (χ1v) is 8.66. The third kappa shape index (κ3) is 2.75. The van der Waals surface area contributed by atoms with Crippen LogP contribution >= 0.6 is 0 Å². The highest BCUT2D eigenvalue weighted by Gasteiger charge is 2.27. The summed E-state index contributed by atoms with van der Waals surface area (Å²) in [7, 11) is 1.92. The average molecular weight is 352 g/mol. The van der Waals surface area contributed by atoms with E-state index in [1.165, 1.54) is 6.20 Å². The molecule has 0 saturated carbocycles. The van der Waals surface area contributed by atoms with E-state index in [0.717, 1.165) is 23.7 Å². The Hall–Kier alpha value is -3.09. The molecule has 1 fully saturated rings. The smallest absolute Gasteiger partial charge is 0.338 e. The van der Waals surface area contributed by atoms with Crippen LogP contribution in [0.1, 0.15) is 39.7 Å². The molecule has 0 spiro atoms. The number of para-hydroxylation sites is 1. The number of carbonyl (C=O) groups excluding carboxylic acids is 1. The summed E-state index contributed by atoms with van der Waals surface area (Å²) in [4.78, 5) is 25.8. The molecule has 2 aromatic heterocycles. The number of fused-ring (bicyclic) bond motifs is 1. The largest absolute Gasteiger partial charge is 0.478 e. The maximum absolute atomic E-state index is 12.9. The van der Waals surface area contributed by atoms with Crippen molar-refractivity contribution in [2.75, 3.05) is 13.1 Å². The number of carboxylic acids is 1. The van der Waals surface area contributed by atoms with Gasteiger partial charge in [0.2, 0.25) is 0 Å². The van der Waals surface area contributed by atoms with Gasteiger partial charge in [-0.15, -0.1) is 0 Å².